The van der Waals surface area contributed by atoms with Gasteiger partial charge < -0.3 is 0 Å². The maximum atomic E-state index is 14.7. The molecule has 0 nitrogen and oxygen atoms in total. The van der Waals surface area contributed by atoms with Crippen molar-refractivity contribution in [3.05, 3.63) is 59.2 Å². The van der Waals surface area contributed by atoms with E-state index in [1.807, 2.05) is 31.2 Å². The minimum Gasteiger partial charge on any atom is -0.203 e. The van der Waals surface area contributed by atoms with Crippen LogP contribution in [0.15, 0.2) is 36.4 Å². The van der Waals surface area contributed by atoms with Crippen LogP contribution in [-0.2, 0) is 6.42 Å². The Morgan fingerprint density at radius 2 is 1.79 bits per heavy atom. The van der Waals surface area contributed by atoms with Crippen LogP contribution in [0.2, 0.25) is 0 Å². The van der Waals surface area contributed by atoms with Gasteiger partial charge in [-0.15, -0.1) is 0 Å². The zero-order valence-corrected chi connectivity index (χ0v) is 14.6. The van der Waals surface area contributed by atoms with Crippen LogP contribution in [0.5, 0.6) is 0 Å². The molecule has 1 aliphatic rings. The van der Waals surface area contributed by atoms with Gasteiger partial charge in [-0.2, -0.15) is 0 Å². The van der Waals surface area contributed by atoms with E-state index in [4.69, 9.17) is 0 Å². The number of benzene rings is 2. The van der Waals surface area contributed by atoms with E-state index in [2.05, 4.69) is 19.1 Å². The van der Waals surface area contributed by atoms with Crippen LogP contribution in [0.1, 0.15) is 63.0 Å². The molecule has 0 aromatic heterocycles. The first kappa shape index (κ1) is 17.1. The number of hydrogen-bond acceptors (Lipinski definition) is 0. The molecule has 24 heavy (non-hydrogen) atoms. The van der Waals surface area contributed by atoms with Gasteiger partial charge in [-0.3, -0.25) is 0 Å². The standard InChI is InChI=1S/C22H26F2/c1-3-5-15-7-10-17(11-8-15)20-14-18-12-9-16(6-4-2)13-19(18)21(23)22(20)24/h3,5,9,12-15,17H,4,6-8,10-11H2,1-2H3/b5-3+. The summed E-state index contributed by atoms with van der Waals surface area (Å²) in [5.74, 6) is -0.571. The first-order valence-electron chi connectivity index (χ1n) is 9.17. The third-order valence-electron chi connectivity index (χ3n) is 5.33. The second kappa shape index (κ2) is 7.46. The molecule has 0 aliphatic heterocycles. The van der Waals surface area contributed by atoms with Crippen LogP contribution in [-0.4, -0.2) is 0 Å². The minimum absolute atomic E-state index is 0.140. The summed E-state index contributed by atoms with van der Waals surface area (Å²) < 4.78 is 29.3. The van der Waals surface area contributed by atoms with Gasteiger partial charge in [0.1, 0.15) is 0 Å². The van der Waals surface area contributed by atoms with Crippen molar-refractivity contribution in [2.45, 2.75) is 58.3 Å². The minimum atomic E-state index is -0.670. The zero-order chi connectivity index (χ0) is 17.1. The Kier molecular flexibility index (Phi) is 5.33. The summed E-state index contributed by atoms with van der Waals surface area (Å²) in [7, 11) is 0. The molecule has 1 aliphatic carbocycles. The predicted octanol–water partition coefficient (Wildman–Crippen LogP) is 6.92. The normalized spacial score (nSPS) is 21.7. The van der Waals surface area contributed by atoms with Gasteiger partial charge in [0.2, 0.25) is 0 Å². The average Bonchev–Trinajstić information content (AvgIpc) is 2.60. The Hall–Kier alpha value is -1.70. The fourth-order valence-corrected chi connectivity index (χ4v) is 4.03. The highest BCUT2D eigenvalue weighted by Gasteiger charge is 2.25. The van der Waals surface area contributed by atoms with Crippen LogP contribution in [0.25, 0.3) is 10.8 Å². The second-order valence-corrected chi connectivity index (χ2v) is 7.04. The number of allylic oxidation sites excluding steroid dienone is 2. The van der Waals surface area contributed by atoms with Crippen LogP contribution in [0.4, 0.5) is 8.78 Å². The van der Waals surface area contributed by atoms with E-state index in [9.17, 15) is 8.78 Å². The lowest BCUT2D eigenvalue weighted by Crippen LogP contribution is -2.13. The molecule has 0 N–H and O–H groups in total. The van der Waals surface area contributed by atoms with Gasteiger partial charge in [0.25, 0.3) is 0 Å². The Labute approximate surface area is 143 Å². The van der Waals surface area contributed by atoms with Crippen molar-refractivity contribution in [3.63, 3.8) is 0 Å². The average molecular weight is 328 g/mol. The molecule has 2 aromatic carbocycles. The summed E-state index contributed by atoms with van der Waals surface area (Å²) in [6, 6.07) is 7.67. The summed E-state index contributed by atoms with van der Waals surface area (Å²) >= 11 is 0. The molecule has 1 saturated carbocycles. The lowest BCUT2D eigenvalue weighted by atomic mass is 9.78. The number of halogens is 2. The zero-order valence-electron chi connectivity index (χ0n) is 14.6. The summed E-state index contributed by atoms with van der Waals surface area (Å²) in [6.07, 6.45) is 10.2. The summed E-state index contributed by atoms with van der Waals surface area (Å²) in [5.41, 5.74) is 1.64. The molecule has 128 valence electrons. The molecule has 1 fully saturated rings. The molecule has 0 radical (unpaired) electrons. The fraction of sp³-hybridized carbons (Fsp3) is 0.455. The molecular formula is C22H26F2. The summed E-state index contributed by atoms with van der Waals surface area (Å²) in [5, 5.41) is 1.24. The highest BCUT2D eigenvalue weighted by Crippen LogP contribution is 2.39. The Morgan fingerprint density at radius 1 is 1.04 bits per heavy atom. The van der Waals surface area contributed by atoms with Gasteiger partial charge in [0.15, 0.2) is 11.6 Å². The summed E-state index contributed by atoms with van der Waals surface area (Å²) in [6.45, 7) is 4.13. The molecule has 0 heterocycles. The largest absolute Gasteiger partial charge is 0.203 e. The maximum Gasteiger partial charge on any atom is 0.166 e. The van der Waals surface area contributed by atoms with Gasteiger partial charge >= 0.3 is 0 Å². The van der Waals surface area contributed by atoms with Crippen molar-refractivity contribution in [3.8, 4) is 0 Å². The van der Waals surface area contributed by atoms with Gasteiger partial charge in [0.05, 0.1) is 0 Å². The van der Waals surface area contributed by atoms with Crippen LogP contribution >= 0.6 is 0 Å². The Morgan fingerprint density at radius 3 is 2.46 bits per heavy atom. The lowest BCUT2D eigenvalue weighted by Gasteiger charge is -2.27. The highest BCUT2D eigenvalue weighted by molar-refractivity contribution is 5.85. The lowest BCUT2D eigenvalue weighted by molar-refractivity contribution is 0.364. The number of rotatable bonds is 4. The van der Waals surface area contributed by atoms with E-state index in [1.165, 1.54) is 0 Å². The van der Waals surface area contributed by atoms with Crippen molar-refractivity contribution in [2.24, 2.45) is 5.92 Å². The third-order valence-corrected chi connectivity index (χ3v) is 5.33. The molecule has 0 saturated heterocycles. The van der Waals surface area contributed by atoms with Crippen LogP contribution in [0, 0.1) is 17.6 Å². The van der Waals surface area contributed by atoms with Gasteiger partial charge in [-0.25, -0.2) is 8.78 Å². The molecular weight excluding hydrogens is 302 g/mol. The molecule has 0 atom stereocenters. The number of fused-ring (bicyclic) bond motifs is 1. The number of hydrogen-bond donors (Lipinski definition) is 0. The van der Waals surface area contributed by atoms with E-state index in [0.29, 0.717) is 16.9 Å². The maximum absolute atomic E-state index is 14.7. The Bertz CT molecular complexity index is 737. The first-order valence-corrected chi connectivity index (χ1v) is 9.17. The monoisotopic (exact) mass is 328 g/mol. The van der Waals surface area contributed by atoms with Crippen LogP contribution < -0.4 is 0 Å². The van der Waals surface area contributed by atoms with E-state index in [0.717, 1.165) is 49.5 Å². The fourth-order valence-electron chi connectivity index (χ4n) is 4.03. The number of aryl methyl sites for hydroxylation is 1. The SMILES string of the molecule is C/C=C/C1CCC(c2cc3ccc(CCC)cc3c(F)c2F)CC1. The van der Waals surface area contributed by atoms with Gasteiger partial charge in [-0.05, 0) is 79.5 Å². The van der Waals surface area contributed by atoms with Crippen molar-refractivity contribution in [1.82, 2.24) is 0 Å². The molecule has 0 amide bonds. The quantitative estimate of drug-likeness (QED) is 0.534. The van der Waals surface area contributed by atoms with E-state index >= 15 is 0 Å². The smallest absolute Gasteiger partial charge is 0.166 e. The van der Waals surface area contributed by atoms with Crippen molar-refractivity contribution < 1.29 is 8.78 Å². The van der Waals surface area contributed by atoms with Gasteiger partial charge in [-0.1, -0.05) is 37.6 Å². The molecule has 0 spiro atoms. The Balaban J connectivity index is 1.92. The van der Waals surface area contributed by atoms with Crippen molar-refractivity contribution in [2.75, 3.05) is 0 Å². The topological polar surface area (TPSA) is 0 Å². The molecule has 0 bridgehead atoms. The van der Waals surface area contributed by atoms with E-state index in [-0.39, 0.29) is 5.92 Å². The highest BCUT2D eigenvalue weighted by atomic mass is 19.2. The molecule has 2 heteroatoms. The third kappa shape index (κ3) is 3.38. The van der Waals surface area contributed by atoms with E-state index in [1.54, 1.807) is 0 Å². The second-order valence-electron chi connectivity index (χ2n) is 7.04. The first-order chi connectivity index (χ1) is 11.6. The molecule has 2 aromatic rings. The molecule has 3 rings (SSSR count). The molecule has 0 unspecified atom stereocenters. The summed E-state index contributed by atoms with van der Waals surface area (Å²) in [4.78, 5) is 0. The van der Waals surface area contributed by atoms with Gasteiger partial charge in [0, 0.05) is 5.39 Å². The van der Waals surface area contributed by atoms with Crippen LogP contribution in [0.3, 0.4) is 0 Å². The van der Waals surface area contributed by atoms with Crippen molar-refractivity contribution >= 4 is 10.8 Å². The van der Waals surface area contributed by atoms with E-state index < -0.39 is 11.6 Å². The van der Waals surface area contributed by atoms with Crippen molar-refractivity contribution in [1.29, 1.82) is 0 Å². The predicted molar refractivity (Wildman–Crippen MR) is 97.4 cm³/mol.